The van der Waals surface area contributed by atoms with Gasteiger partial charge < -0.3 is 10.4 Å². The number of aliphatic hydroxyl groups excluding tert-OH is 1. The van der Waals surface area contributed by atoms with Crippen molar-refractivity contribution in [3.05, 3.63) is 0 Å². The van der Waals surface area contributed by atoms with Crippen molar-refractivity contribution in [1.29, 1.82) is 0 Å². The molecule has 2 N–H and O–H groups in total. The summed E-state index contributed by atoms with van der Waals surface area (Å²) in [6.45, 7) is 8.10. The molecule has 2 atom stereocenters. The minimum Gasteiger partial charge on any atom is -0.393 e. The molecule has 0 rings (SSSR count). The highest BCUT2D eigenvalue weighted by Gasteiger charge is 2.10. The number of hydrogen-bond donors (Lipinski definition) is 2. The zero-order chi connectivity index (χ0) is 32.7. The van der Waals surface area contributed by atoms with Crippen LogP contribution in [0.3, 0.4) is 0 Å². The van der Waals surface area contributed by atoms with Crippen LogP contribution >= 0.6 is 0 Å². The summed E-state index contributed by atoms with van der Waals surface area (Å²) < 4.78 is 0. The molecule has 0 saturated carbocycles. The Bertz CT molecular complexity index is 508. The van der Waals surface area contributed by atoms with E-state index < -0.39 is 0 Å². The summed E-state index contributed by atoms with van der Waals surface area (Å²) in [4.78, 5) is 0. The van der Waals surface area contributed by atoms with Gasteiger partial charge in [-0.1, -0.05) is 220 Å². The third-order valence-corrected chi connectivity index (χ3v) is 10.4. The average Bonchev–Trinajstić information content (AvgIpc) is 3.04. The predicted molar refractivity (Wildman–Crippen MR) is 206 cm³/mol. The van der Waals surface area contributed by atoms with E-state index in [2.05, 4.69) is 26.1 Å². The highest BCUT2D eigenvalue weighted by atomic mass is 16.3. The third kappa shape index (κ3) is 38.2. The van der Waals surface area contributed by atoms with Crippen molar-refractivity contribution >= 4 is 0 Å². The molecule has 272 valence electrons. The van der Waals surface area contributed by atoms with E-state index >= 15 is 0 Å². The van der Waals surface area contributed by atoms with Gasteiger partial charge in [0.25, 0.3) is 0 Å². The van der Waals surface area contributed by atoms with E-state index in [4.69, 9.17) is 0 Å². The maximum atomic E-state index is 10.6. The van der Waals surface area contributed by atoms with Crippen LogP contribution in [0.2, 0.25) is 0 Å². The minimum absolute atomic E-state index is 0.0748. The van der Waals surface area contributed by atoms with Gasteiger partial charge in [-0.2, -0.15) is 0 Å². The first kappa shape index (κ1) is 44.9. The van der Waals surface area contributed by atoms with Crippen molar-refractivity contribution in [2.24, 2.45) is 0 Å². The molecule has 0 fully saturated rings. The van der Waals surface area contributed by atoms with Crippen LogP contribution in [0.4, 0.5) is 0 Å². The van der Waals surface area contributed by atoms with Gasteiger partial charge in [0, 0.05) is 6.04 Å². The van der Waals surface area contributed by atoms with Crippen LogP contribution in [0.1, 0.15) is 258 Å². The Balaban J connectivity index is 3.91. The van der Waals surface area contributed by atoms with Crippen molar-refractivity contribution in [1.82, 2.24) is 5.32 Å². The minimum atomic E-state index is -0.0748. The number of nitrogens with one attached hydrogen (secondary N) is 1. The van der Waals surface area contributed by atoms with Gasteiger partial charge >= 0.3 is 0 Å². The van der Waals surface area contributed by atoms with Gasteiger partial charge in [0.15, 0.2) is 0 Å². The normalized spacial score (nSPS) is 13.1. The smallest absolute Gasteiger partial charge is 0.0540 e. The van der Waals surface area contributed by atoms with Gasteiger partial charge in [0.2, 0.25) is 0 Å². The van der Waals surface area contributed by atoms with E-state index in [-0.39, 0.29) is 6.10 Å². The van der Waals surface area contributed by atoms with Crippen LogP contribution in [0.15, 0.2) is 0 Å². The second-order valence-corrected chi connectivity index (χ2v) is 15.1. The fourth-order valence-corrected chi connectivity index (χ4v) is 7.11. The van der Waals surface area contributed by atoms with Crippen LogP contribution in [-0.4, -0.2) is 23.8 Å². The molecule has 2 unspecified atom stereocenters. The van der Waals surface area contributed by atoms with E-state index in [9.17, 15) is 5.11 Å². The van der Waals surface area contributed by atoms with Gasteiger partial charge in [0.05, 0.1) is 6.10 Å². The summed E-state index contributed by atoms with van der Waals surface area (Å²) in [6.07, 6.45) is 50.9. The topological polar surface area (TPSA) is 32.3 Å². The molecule has 0 amide bonds. The molecule has 0 heterocycles. The Morgan fingerprint density at radius 2 is 0.578 bits per heavy atom. The highest BCUT2D eigenvalue weighted by molar-refractivity contribution is 4.69. The van der Waals surface area contributed by atoms with Gasteiger partial charge in [-0.05, 0) is 45.1 Å². The monoisotopic (exact) mass is 636 g/mol. The van der Waals surface area contributed by atoms with Crippen LogP contribution < -0.4 is 5.32 Å². The van der Waals surface area contributed by atoms with Crippen molar-refractivity contribution in [2.45, 2.75) is 270 Å². The Labute approximate surface area is 286 Å². The summed E-state index contributed by atoms with van der Waals surface area (Å²) in [5, 5.41) is 14.5. The average molecular weight is 636 g/mol. The Morgan fingerprint density at radius 1 is 0.311 bits per heavy atom. The molecular weight excluding hydrogens is 546 g/mol. The molecule has 0 radical (unpaired) electrons. The van der Waals surface area contributed by atoms with Gasteiger partial charge in [-0.15, -0.1) is 0 Å². The molecule has 0 aromatic carbocycles. The van der Waals surface area contributed by atoms with Gasteiger partial charge in [-0.25, -0.2) is 0 Å². The molecule has 2 heteroatoms. The van der Waals surface area contributed by atoms with E-state index in [1.165, 1.54) is 231 Å². The lowest BCUT2D eigenvalue weighted by Crippen LogP contribution is -2.30. The summed E-state index contributed by atoms with van der Waals surface area (Å²) in [5.41, 5.74) is 0. The van der Waals surface area contributed by atoms with Crippen molar-refractivity contribution in [3.8, 4) is 0 Å². The summed E-state index contributed by atoms with van der Waals surface area (Å²) in [5.74, 6) is 0. The first-order valence-electron chi connectivity index (χ1n) is 21.7. The largest absolute Gasteiger partial charge is 0.393 e. The summed E-state index contributed by atoms with van der Waals surface area (Å²) in [6, 6.07) is 0.664. The molecule has 2 nitrogen and oxygen atoms in total. The lowest BCUT2D eigenvalue weighted by atomic mass is 9.98. The maximum absolute atomic E-state index is 10.6. The van der Waals surface area contributed by atoms with E-state index in [0.717, 1.165) is 12.8 Å². The number of unbranched alkanes of at least 4 members (excludes halogenated alkanes) is 29. The highest BCUT2D eigenvalue weighted by Crippen LogP contribution is 2.18. The molecule has 0 spiro atoms. The van der Waals surface area contributed by atoms with E-state index in [0.29, 0.717) is 6.04 Å². The Morgan fingerprint density at radius 3 is 0.956 bits per heavy atom. The quantitative estimate of drug-likeness (QED) is 0.0657. The summed E-state index contributed by atoms with van der Waals surface area (Å²) in [7, 11) is 0. The van der Waals surface area contributed by atoms with Crippen molar-refractivity contribution in [2.75, 3.05) is 6.54 Å². The molecule has 0 aliphatic heterocycles. The standard InChI is InChI=1S/C43H89NO/c1-4-7-10-13-16-19-20-21-22-23-24-25-26-29-32-35-41-44-42(37-33-30-27-17-14-11-8-5-2)38-36-40-43(45)39-34-31-28-18-15-12-9-6-3/h42-45H,4-41H2,1-3H3. The fraction of sp³-hybridized carbons (Fsp3) is 1.00. The van der Waals surface area contributed by atoms with Gasteiger partial charge in [-0.3, -0.25) is 0 Å². The molecule has 0 aromatic heterocycles. The Hall–Kier alpha value is -0.0800. The zero-order valence-electron chi connectivity index (χ0n) is 32.0. The van der Waals surface area contributed by atoms with Crippen LogP contribution in [0.25, 0.3) is 0 Å². The molecule has 0 bridgehead atoms. The number of aliphatic hydroxyl groups is 1. The number of hydrogen-bond acceptors (Lipinski definition) is 2. The number of rotatable bonds is 40. The first-order chi connectivity index (χ1) is 22.2. The zero-order valence-corrected chi connectivity index (χ0v) is 32.0. The molecule has 0 aromatic rings. The second kappa shape index (κ2) is 40.1. The van der Waals surface area contributed by atoms with Crippen molar-refractivity contribution in [3.63, 3.8) is 0 Å². The fourth-order valence-electron chi connectivity index (χ4n) is 7.11. The van der Waals surface area contributed by atoms with Crippen LogP contribution in [0, 0.1) is 0 Å². The molecule has 0 aliphatic carbocycles. The van der Waals surface area contributed by atoms with E-state index in [1.807, 2.05) is 0 Å². The van der Waals surface area contributed by atoms with E-state index in [1.54, 1.807) is 0 Å². The summed E-state index contributed by atoms with van der Waals surface area (Å²) >= 11 is 0. The molecule has 45 heavy (non-hydrogen) atoms. The van der Waals surface area contributed by atoms with Crippen LogP contribution in [0.5, 0.6) is 0 Å². The third-order valence-electron chi connectivity index (χ3n) is 10.4. The maximum Gasteiger partial charge on any atom is 0.0540 e. The predicted octanol–water partition coefficient (Wildman–Crippen LogP) is 14.8. The first-order valence-corrected chi connectivity index (χ1v) is 21.7. The molecule has 0 aliphatic rings. The van der Waals surface area contributed by atoms with Crippen molar-refractivity contribution < 1.29 is 5.11 Å². The Kier molecular flexibility index (Phi) is 40.0. The molecule has 0 saturated heterocycles. The van der Waals surface area contributed by atoms with Crippen LogP contribution in [-0.2, 0) is 0 Å². The van der Waals surface area contributed by atoms with Gasteiger partial charge in [0.1, 0.15) is 0 Å². The SMILES string of the molecule is CCCCCCCCCCCCCCCCCCNC(CCCCCCCCCC)CCCC(O)CCCCCCCCCC. The molecular formula is C43H89NO. The lowest BCUT2D eigenvalue weighted by Gasteiger charge is -2.20. The second-order valence-electron chi connectivity index (χ2n) is 15.1. The lowest BCUT2D eigenvalue weighted by molar-refractivity contribution is 0.145.